The number of hydrogen-bond donors (Lipinski definition) is 10. The number of primary amides is 2. The summed E-state index contributed by atoms with van der Waals surface area (Å²) >= 11 is 10.6. The molecule has 2 aromatic rings. The quantitative estimate of drug-likeness (QED) is 0.0932. The van der Waals surface area contributed by atoms with Gasteiger partial charge in [-0.25, -0.2) is 0 Å². The van der Waals surface area contributed by atoms with E-state index in [2.05, 4.69) is 21.3 Å². The smallest absolute Gasteiger partial charge is 0.253 e. The van der Waals surface area contributed by atoms with Crippen LogP contribution in [0, 0.1) is 21.4 Å². The molecule has 12 N–H and O–H groups in total. The Labute approximate surface area is 348 Å². The van der Waals surface area contributed by atoms with Gasteiger partial charge in [0.15, 0.2) is 0 Å². The van der Waals surface area contributed by atoms with Crippen LogP contribution < -0.4 is 32.7 Å². The third kappa shape index (κ3) is 10.7. The van der Waals surface area contributed by atoms with E-state index in [1.165, 1.54) is 0 Å². The molecule has 0 saturated heterocycles. The Morgan fingerprint density at radius 2 is 0.851 bits per heavy atom. The van der Waals surface area contributed by atoms with Crippen LogP contribution in [0.1, 0.15) is 47.9 Å². The number of aliphatic hydroxyl groups is 4. The molecule has 6 amide bonds. The summed E-state index contributed by atoms with van der Waals surface area (Å²) in [6, 6.07) is 0. The number of carbonyl (C=O) groups is 6. The number of amides is 6. The molecule has 16 nitrogen and oxygen atoms in total. The first-order chi connectivity index (χ1) is 21.9. The molecule has 0 heterocycles. The van der Waals surface area contributed by atoms with Gasteiger partial charge in [-0.2, -0.15) is 0 Å². The monoisotopic (exact) mass is 1330 g/mol. The third-order valence-corrected chi connectivity index (χ3v) is 12.3. The fraction of sp³-hybridized carbons (Fsp3) is 0.280. The predicted octanol–water partition coefficient (Wildman–Crippen LogP) is 0.645. The summed E-state index contributed by atoms with van der Waals surface area (Å²) in [5.41, 5.74) is 11.0. The first-order valence-electron chi connectivity index (χ1n) is 12.6. The summed E-state index contributed by atoms with van der Waals surface area (Å²) in [6.07, 6.45) is -3.27. The number of halogens is 6. The topological polar surface area (TPSA) is 284 Å². The van der Waals surface area contributed by atoms with Gasteiger partial charge in [-0.05, 0) is 136 Å². The maximum absolute atomic E-state index is 13.1. The molecule has 0 fully saturated rings. The van der Waals surface area contributed by atoms with Crippen molar-refractivity contribution in [1.29, 1.82) is 0 Å². The van der Waals surface area contributed by atoms with Crippen molar-refractivity contribution in [3.63, 3.8) is 0 Å². The van der Waals surface area contributed by atoms with Crippen LogP contribution in [0.25, 0.3) is 0 Å². The molecular formula is C25H24I6N6O10. The molecule has 47 heavy (non-hydrogen) atoms. The number of anilines is 2. The van der Waals surface area contributed by atoms with E-state index in [-0.39, 0.29) is 68.1 Å². The highest BCUT2D eigenvalue weighted by molar-refractivity contribution is 14.1. The van der Waals surface area contributed by atoms with Crippen LogP contribution in [0.2, 0.25) is 0 Å². The van der Waals surface area contributed by atoms with Crippen molar-refractivity contribution in [2.75, 3.05) is 36.9 Å². The van der Waals surface area contributed by atoms with E-state index in [0.29, 0.717) is 0 Å². The van der Waals surface area contributed by atoms with Gasteiger partial charge in [0.05, 0.1) is 73.3 Å². The van der Waals surface area contributed by atoms with Crippen molar-refractivity contribution >= 4 is 182 Å². The summed E-state index contributed by atoms with van der Waals surface area (Å²) in [6.45, 7) is -1.82. The molecule has 0 aromatic heterocycles. The molecule has 0 aliphatic carbocycles. The Kier molecular flexibility index (Phi) is 17.4. The highest BCUT2D eigenvalue weighted by Gasteiger charge is 2.30. The van der Waals surface area contributed by atoms with Gasteiger partial charge in [0.1, 0.15) is 6.42 Å². The van der Waals surface area contributed by atoms with Crippen LogP contribution in [0.5, 0.6) is 0 Å². The summed E-state index contributed by atoms with van der Waals surface area (Å²) in [4.78, 5) is 76.9. The van der Waals surface area contributed by atoms with Crippen LogP contribution in [0.3, 0.4) is 0 Å². The molecule has 2 atom stereocenters. The average molecular weight is 1330 g/mol. The van der Waals surface area contributed by atoms with Crippen molar-refractivity contribution in [3.8, 4) is 0 Å². The molecule has 0 bridgehead atoms. The van der Waals surface area contributed by atoms with Gasteiger partial charge in [0.25, 0.3) is 23.6 Å². The van der Waals surface area contributed by atoms with Crippen molar-refractivity contribution in [2.45, 2.75) is 18.6 Å². The number of carbonyl (C=O) groups excluding carboxylic acids is 6. The number of rotatable bonds is 14. The van der Waals surface area contributed by atoms with Crippen LogP contribution >= 0.6 is 136 Å². The normalized spacial score (nSPS) is 12.1. The van der Waals surface area contributed by atoms with Gasteiger partial charge in [0.2, 0.25) is 11.8 Å². The Morgan fingerprint density at radius 3 is 1.13 bits per heavy atom. The SMILES string of the molecule is NC(=O)c1c(I)c(NC(=O)CC(=O)Nc2c(I)c(C(N)=O)c(I)c(C(=O)NCC(O)CO)c2I)c(I)c(C(=O)NCC(O)CO)c1I. The van der Waals surface area contributed by atoms with Gasteiger partial charge >= 0.3 is 0 Å². The second kappa shape index (κ2) is 19.2. The number of hydrogen-bond acceptors (Lipinski definition) is 10. The molecule has 2 unspecified atom stereocenters. The minimum Gasteiger partial charge on any atom is -0.394 e. The maximum atomic E-state index is 13.1. The molecule has 0 aliphatic rings. The molecule has 2 rings (SSSR count). The number of benzene rings is 2. The minimum absolute atomic E-state index is 0.0181. The first-order valence-corrected chi connectivity index (χ1v) is 19.1. The van der Waals surface area contributed by atoms with Crippen molar-refractivity contribution in [3.05, 3.63) is 43.7 Å². The highest BCUT2D eigenvalue weighted by Crippen LogP contribution is 2.37. The molecule has 0 radical (unpaired) electrons. The lowest BCUT2D eigenvalue weighted by atomic mass is 10.1. The Morgan fingerprint density at radius 1 is 0.553 bits per heavy atom. The maximum Gasteiger partial charge on any atom is 0.253 e. The fourth-order valence-corrected chi connectivity index (χ4v) is 12.5. The second-order valence-corrected chi connectivity index (χ2v) is 15.7. The van der Waals surface area contributed by atoms with E-state index >= 15 is 0 Å². The lowest BCUT2D eigenvalue weighted by Crippen LogP contribution is -2.35. The number of nitrogens with two attached hydrogens (primary N) is 2. The fourth-order valence-electron chi connectivity index (χ4n) is 3.62. The second-order valence-electron chi connectivity index (χ2n) is 9.23. The zero-order chi connectivity index (χ0) is 35.9. The largest absolute Gasteiger partial charge is 0.394 e. The third-order valence-electron chi connectivity index (χ3n) is 5.85. The van der Waals surface area contributed by atoms with Crippen molar-refractivity contribution in [2.24, 2.45) is 11.5 Å². The zero-order valence-electron chi connectivity index (χ0n) is 23.4. The van der Waals surface area contributed by atoms with Crippen molar-refractivity contribution in [1.82, 2.24) is 10.6 Å². The summed E-state index contributed by atoms with van der Waals surface area (Å²) in [5, 5.41) is 47.3. The van der Waals surface area contributed by atoms with Gasteiger partial charge in [-0.3, -0.25) is 28.8 Å². The van der Waals surface area contributed by atoms with E-state index in [4.69, 9.17) is 21.7 Å². The van der Waals surface area contributed by atoms with Crippen LogP contribution in [0.4, 0.5) is 11.4 Å². The van der Waals surface area contributed by atoms with Crippen LogP contribution in [-0.2, 0) is 9.59 Å². The first kappa shape index (κ1) is 42.6. The van der Waals surface area contributed by atoms with Gasteiger partial charge in [-0.15, -0.1) is 0 Å². The lowest BCUT2D eigenvalue weighted by molar-refractivity contribution is -0.123. The minimum atomic E-state index is -1.24. The zero-order valence-corrected chi connectivity index (χ0v) is 36.3. The van der Waals surface area contributed by atoms with Gasteiger partial charge in [0, 0.05) is 20.2 Å². The van der Waals surface area contributed by atoms with Crippen LogP contribution in [-0.4, -0.2) is 94.4 Å². The Hall–Kier alpha value is -0.520. The van der Waals surface area contributed by atoms with Gasteiger partial charge < -0.3 is 53.2 Å². The van der Waals surface area contributed by atoms with Crippen molar-refractivity contribution < 1.29 is 49.2 Å². The number of aliphatic hydroxyl groups excluding tert-OH is 4. The lowest BCUT2D eigenvalue weighted by Gasteiger charge is -2.20. The van der Waals surface area contributed by atoms with E-state index in [0.717, 1.165) is 0 Å². The average Bonchev–Trinajstić information content (AvgIpc) is 2.98. The van der Waals surface area contributed by atoms with E-state index in [1.54, 1.807) is 136 Å². The van der Waals surface area contributed by atoms with E-state index in [9.17, 15) is 39.0 Å². The summed E-state index contributed by atoms with van der Waals surface area (Å²) in [5.74, 6) is -4.97. The standard InChI is InChI=1S/C25H24I6N6O10/c26-14-10(22(32)44)16(28)20(18(30)12(14)24(46)34-2-6(40)4-38)36-8(42)1-9(43)37-21-17(29)11(23(33)45)15(27)13(19(21)31)25(47)35-3-7(41)5-39/h6-7,38-41H,1-5H2,(H2,32,44)(H2,33,45)(H,34,46)(H,35,47)(H,36,42)(H,37,43). The molecule has 2 aromatic carbocycles. The summed E-state index contributed by atoms with van der Waals surface area (Å²) < 4.78 is 1.13. The highest BCUT2D eigenvalue weighted by atomic mass is 127. The van der Waals surface area contributed by atoms with Crippen LogP contribution in [0.15, 0.2) is 0 Å². The Bertz CT molecular complexity index is 1530. The molecule has 0 saturated carbocycles. The Balaban J connectivity index is 2.46. The molecule has 256 valence electrons. The molecule has 22 heteroatoms. The predicted molar refractivity (Wildman–Crippen MR) is 219 cm³/mol. The number of nitrogens with one attached hydrogen (secondary N) is 4. The molecule has 0 aliphatic heterocycles. The van der Waals surface area contributed by atoms with E-state index < -0.39 is 67.3 Å². The molecule has 0 spiro atoms. The summed E-state index contributed by atoms with van der Waals surface area (Å²) in [7, 11) is 0. The van der Waals surface area contributed by atoms with E-state index in [1.807, 2.05) is 0 Å². The molecular weight excluding hydrogens is 1310 g/mol. The van der Waals surface area contributed by atoms with Gasteiger partial charge in [-0.1, -0.05) is 0 Å².